The molecular formula is C26H36ClN3O2. The molecule has 2 aliphatic heterocycles. The lowest BCUT2D eigenvalue weighted by Gasteiger charge is -2.41. The van der Waals surface area contributed by atoms with Crippen LogP contribution in [0.4, 0.5) is 5.69 Å². The maximum absolute atomic E-state index is 13.0. The lowest BCUT2D eigenvalue weighted by molar-refractivity contribution is -0.141. The maximum atomic E-state index is 13.0. The van der Waals surface area contributed by atoms with Crippen LogP contribution in [0.25, 0.3) is 0 Å². The Bertz CT molecular complexity index is 814. The SMILES string of the molecule is O=C1C2CCCCC2C(=O)N1CC1CCCCC1CN1CCN(c2cccc(Cl)c2)CC1. The van der Waals surface area contributed by atoms with Crippen LogP contribution >= 0.6 is 11.6 Å². The highest BCUT2D eigenvalue weighted by Gasteiger charge is 2.49. The van der Waals surface area contributed by atoms with E-state index in [1.807, 2.05) is 12.1 Å². The topological polar surface area (TPSA) is 43.9 Å². The Hall–Kier alpha value is -1.59. The van der Waals surface area contributed by atoms with Crippen LogP contribution in [0, 0.1) is 23.7 Å². The van der Waals surface area contributed by atoms with E-state index in [1.165, 1.54) is 24.9 Å². The number of piperazine rings is 1. The second kappa shape index (κ2) is 9.72. The van der Waals surface area contributed by atoms with Gasteiger partial charge < -0.3 is 4.90 Å². The van der Waals surface area contributed by atoms with Crippen LogP contribution in [0.2, 0.25) is 5.02 Å². The molecule has 4 unspecified atom stereocenters. The van der Waals surface area contributed by atoms with E-state index in [2.05, 4.69) is 21.9 Å². The van der Waals surface area contributed by atoms with E-state index in [0.717, 1.165) is 69.9 Å². The Kier molecular flexibility index (Phi) is 6.75. The average Bonchev–Trinajstić information content (AvgIpc) is 3.06. The number of carbonyl (C=O) groups excluding carboxylic acids is 2. The molecule has 5 nitrogen and oxygen atoms in total. The maximum Gasteiger partial charge on any atom is 0.233 e. The molecule has 0 aromatic heterocycles. The Morgan fingerprint density at radius 3 is 2.00 bits per heavy atom. The van der Waals surface area contributed by atoms with Gasteiger partial charge in [0.1, 0.15) is 0 Å². The highest BCUT2D eigenvalue weighted by molar-refractivity contribution is 6.30. The Balaban J connectivity index is 1.18. The van der Waals surface area contributed by atoms with Crippen molar-refractivity contribution in [2.75, 3.05) is 44.2 Å². The Morgan fingerprint density at radius 1 is 0.781 bits per heavy atom. The number of likely N-dealkylation sites (tertiary alicyclic amines) is 1. The van der Waals surface area contributed by atoms with Gasteiger partial charge in [-0.15, -0.1) is 0 Å². The van der Waals surface area contributed by atoms with Crippen molar-refractivity contribution in [3.63, 3.8) is 0 Å². The molecule has 4 atom stereocenters. The molecular weight excluding hydrogens is 422 g/mol. The highest BCUT2D eigenvalue weighted by Crippen LogP contribution is 2.40. The number of hydrogen-bond acceptors (Lipinski definition) is 4. The van der Waals surface area contributed by atoms with Gasteiger partial charge in [-0.25, -0.2) is 0 Å². The predicted octanol–water partition coefficient (Wildman–Crippen LogP) is 4.44. The molecule has 0 N–H and O–H groups in total. The number of hydrogen-bond donors (Lipinski definition) is 0. The molecule has 1 aromatic carbocycles. The third-order valence-corrected chi connectivity index (χ3v) is 8.69. The number of amides is 2. The summed E-state index contributed by atoms with van der Waals surface area (Å²) < 4.78 is 0. The molecule has 2 saturated carbocycles. The van der Waals surface area contributed by atoms with Crippen LogP contribution in [0.15, 0.2) is 24.3 Å². The summed E-state index contributed by atoms with van der Waals surface area (Å²) in [7, 11) is 0. The zero-order chi connectivity index (χ0) is 22.1. The first-order valence-electron chi connectivity index (χ1n) is 12.7. The van der Waals surface area contributed by atoms with Crippen molar-refractivity contribution in [1.29, 1.82) is 0 Å². The third-order valence-electron chi connectivity index (χ3n) is 8.45. The van der Waals surface area contributed by atoms with E-state index in [9.17, 15) is 9.59 Å². The molecule has 0 radical (unpaired) electrons. The minimum Gasteiger partial charge on any atom is -0.369 e. The van der Waals surface area contributed by atoms with E-state index < -0.39 is 0 Å². The van der Waals surface area contributed by atoms with Crippen molar-refractivity contribution < 1.29 is 9.59 Å². The van der Waals surface area contributed by atoms with Gasteiger partial charge in [0.2, 0.25) is 11.8 Å². The number of anilines is 1. The fourth-order valence-corrected chi connectivity index (χ4v) is 6.79. The molecule has 4 aliphatic rings. The summed E-state index contributed by atoms with van der Waals surface area (Å²) in [5.41, 5.74) is 1.21. The van der Waals surface area contributed by atoms with Gasteiger partial charge >= 0.3 is 0 Å². The van der Waals surface area contributed by atoms with Crippen molar-refractivity contribution >= 4 is 29.1 Å². The van der Waals surface area contributed by atoms with E-state index in [0.29, 0.717) is 18.4 Å². The van der Waals surface area contributed by atoms with Crippen LogP contribution in [-0.4, -0.2) is 60.9 Å². The Morgan fingerprint density at radius 2 is 1.38 bits per heavy atom. The fraction of sp³-hybridized carbons (Fsp3) is 0.692. The molecule has 2 saturated heterocycles. The quantitative estimate of drug-likeness (QED) is 0.613. The zero-order valence-electron chi connectivity index (χ0n) is 19.1. The van der Waals surface area contributed by atoms with Crippen molar-refractivity contribution in [3.8, 4) is 0 Å². The molecule has 32 heavy (non-hydrogen) atoms. The third kappa shape index (κ3) is 4.56. The van der Waals surface area contributed by atoms with Crippen LogP contribution in [0.1, 0.15) is 51.4 Å². The first-order valence-corrected chi connectivity index (χ1v) is 13.1. The van der Waals surface area contributed by atoms with E-state index in [-0.39, 0.29) is 23.7 Å². The second-order valence-corrected chi connectivity index (χ2v) is 10.8. The molecule has 2 aliphatic carbocycles. The van der Waals surface area contributed by atoms with Gasteiger partial charge in [-0.2, -0.15) is 0 Å². The predicted molar refractivity (Wildman–Crippen MR) is 128 cm³/mol. The van der Waals surface area contributed by atoms with Gasteiger partial charge in [0.05, 0.1) is 11.8 Å². The monoisotopic (exact) mass is 457 g/mol. The minimum atomic E-state index is -0.0159. The minimum absolute atomic E-state index is 0.0159. The van der Waals surface area contributed by atoms with Crippen LogP contribution in [0.3, 0.4) is 0 Å². The summed E-state index contributed by atoms with van der Waals surface area (Å²) in [5, 5.41) is 0.792. The summed E-state index contributed by atoms with van der Waals surface area (Å²) in [6, 6.07) is 8.14. The van der Waals surface area contributed by atoms with Gasteiger partial charge in [-0.05, 0) is 55.7 Å². The zero-order valence-corrected chi connectivity index (χ0v) is 19.8. The summed E-state index contributed by atoms with van der Waals surface area (Å²) >= 11 is 6.18. The van der Waals surface area contributed by atoms with Crippen molar-refractivity contribution in [3.05, 3.63) is 29.3 Å². The van der Waals surface area contributed by atoms with E-state index >= 15 is 0 Å². The second-order valence-electron chi connectivity index (χ2n) is 10.4. The number of rotatable bonds is 5. The summed E-state index contributed by atoms with van der Waals surface area (Å²) in [4.78, 5) is 32.7. The van der Waals surface area contributed by atoms with Crippen molar-refractivity contribution in [2.24, 2.45) is 23.7 Å². The normalized spacial score (nSPS) is 31.8. The molecule has 1 aromatic rings. The molecule has 6 heteroatoms. The first-order chi connectivity index (χ1) is 15.6. The van der Waals surface area contributed by atoms with Crippen LogP contribution in [-0.2, 0) is 9.59 Å². The van der Waals surface area contributed by atoms with Crippen molar-refractivity contribution in [1.82, 2.24) is 9.80 Å². The highest BCUT2D eigenvalue weighted by atomic mass is 35.5. The lowest BCUT2D eigenvalue weighted by Crippen LogP contribution is -2.49. The molecule has 174 valence electrons. The largest absolute Gasteiger partial charge is 0.369 e. The summed E-state index contributed by atoms with van der Waals surface area (Å²) in [6.07, 6.45) is 8.90. The number of nitrogens with zero attached hydrogens (tertiary/aromatic N) is 3. The van der Waals surface area contributed by atoms with Crippen molar-refractivity contribution in [2.45, 2.75) is 51.4 Å². The van der Waals surface area contributed by atoms with Gasteiger partial charge in [0.15, 0.2) is 0 Å². The molecule has 2 amide bonds. The van der Waals surface area contributed by atoms with Gasteiger partial charge in [0.25, 0.3) is 0 Å². The number of benzene rings is 1. The standard InChI is InChI=1S/C26H36ClN3O2/c27-21-8-5-9-22(16-21)29-14-12-28(13-15-29)17-19-6-1-2-7-20(19)18-30-25(31)23-10-3-4-11-24(23)26(30)32/h5,8-9,16,19-20,23-24H,1-4,6-7,10-15,17-18H2. The molecule has 0 spiro atoms. The average molecular weight is 458 g/mol. The van der Waals surface area contributed by atoms with E-state index in [1.54, 1.807) is 4.90 Å². The fourth-order valence-electron chi connectivity index (χ4n) is 6.60. The Labute approximate surface area is 197 Å². The van der Waals surface area contributed by atoms with Gasteiger partial charge in [-0.3, -0.25) is 19.4 Å². The molecule has 4 fully saturated rings. The molecule has 5 rings (SSSR count). The van der Waals surface area contributed by atoms with Gasteiger partial charge in [-0.1, -0.05) is 43.4 Å². The number of imide groups is 1. The first kappa shape index (κ1) is 22.2. The van der Waals surface area contributed by atoms with E-state index in [4.69, 9.17) is 11.6 Å². The van der Waals surface area contributed by atoms with Crippen LogP contribution in [0.5, 0.6) is 0 Å². The van der Waals surface area contributed by atoms with Crippen LogP contribution < -0.4 is 4.90 Å². The molecule has 0 bridgehead atoms. The van der Waals surface area contributed by atoms with Gasteiger partial charge in [0, 0.05) is 50.0 Å². The number of carbonyl (C=O) groups is 2. The smallest absolute Gasteiger partial charge is 0.233 e. The summed E-state index contributed by atoms with van der Waals surface area (Å²) in [6.45, 7) is 5.91. The number of fused-ring (bicyclic) bond motifs is 1. The molecule has 2 heterocycles. The summed E-state index contributed by atoms with van der Waals surface area (Å²) in [5.74, 6) is 1.29. The number of halogens is 1. The lowest BCUT2D eigenvalue weighted by atomic mass is 9.78.